The first-order valence-electron chi connectivity index (χ1n) is 7.74. The van der Waals surface area contributed by atoms with Crippen molar-refractivity contribution in [2.75, 3.05) is 19.0 Å². The maximum absolute atomic E-state index is 12.1. The third-order valence-electron chi connectivity index (χ3n) is 3.50. The highest BCUT2D eigenvalue weighted by atomic mass is 16.5. The molecule has 0 spiro atoms. The fourth-order valence-corrected chi connectivity index (χ4v) is 2.35. The minimum atomic E-state index is -0.371. The lowest BCUT2D eigenvalue weighted by Crippen LogP contribution is -2.14. The van der Waals surface area contributed by atoms with Crippen molar-refractivity contribution in [2.45, 2.75) is 20.3 Å². The first-order chi connectivity index (χ1) is 11.5. The summed E-state index contributed by atoms with van der Waals surface area (Å²) in [5, 5.41) is 2.81. The van der Waals surface area contributed by atoms with Crippen LogP contribution in [0.25, 0.3) is 0 Å². The van der Waals surface area contributed by atoms with E-state index in [4.69, 9.17) is 9.47 Å². The van der Waals surface area contributed by atoms with Crippen LogP contribution in [0.5, 0.6) is 5.75 Å². The van der Waals surface area contributed by atoms with Gasteiger partial charge in [0.1, 0.15) is 5.75 Å². The Morgan fingerprint density at radius 2 is 1.79 bits per heavy atom. The molecule has 0 aromatic heterocycles. The number of ether oxygens (including phenoxy) is 2. The summed E-state index contributed by atoms with van der Waals surface area (Å²) in [4.78, 5) is 23.7. The van der Waals surface area contributed by atoms with Crippen LogP contribution in [0.1, 0.15) is 28.4 Å². The van der Waals surface area contributed by atoms with E-state index in [9.17, 15) is 9.59 Å². The molecule has 0 saturated heterocycles. The van der Waals surface area contributed by atoms with Gasteiger partial charge in [-0.25, -0.2) is 4.79 Å². The minimum absolute atomic E-state index is 0.122. The Bertz CT molecular complexity index is 723. The van der Waals surface area contributed by atoms with E-state index in [2.05, 4.69) is 5.32 Å². The van der Waals surface area contributed by atoms with E-state index in [-0.39, 0.29) is 18.3 Å². The summed E-state index contributed by atoms with van der Waals surface area (Å²) < 4.78 is 10.1. The van der Waals surface area contributed by atoms with Gasteiger partial charge in [-0.05, 0) is 55.3 Å². The number of anilines is 1. The molecule has 0 bridgehead atoms. The molecule has 1 N–H and O–H groups in total. The molecule has 0 atom stereocenters. The average Bonchev–Trinajstić information content (AvgIpc) is 2.56. The molecule has 0 aliphatic heterocycles. The van der Waals surface area contributed by atoms with E-state index in [0.29, 0.717) is 17.9 Å². The summed E-state index contributed by atoms with van der Waals surface area (Å²) in [5.41, 5.74) is 2.99. The molecule has 2 aromatic carbocycles. The number of hydrogen-bond acceptors (Lipinski definition) is 4. The number of hydrogen-bond donors (Lipinski definition) is 1. The molecular weight excluding hydrogens is 306 g/mol. The van der Waals surface area contributed by atoms with Gasteiger partial charge in [-0.1, -0.05) is 12.1 Å². The van der Waals surface area contributed by atoms with E-state index >= 15 is 0 Å². The van der Waals surface area contributed by atoms with Crippen LogP contribution in [0.15, 0.2) is 42.5 Å². The smallest absolute Gasteiger partial charge is 0.338 e. The van der Waals surface area contributed by atoms with Crippen molar-refractivity contribution in [1.82, 2.24) is 0 Å². The Morgan fingerprint density at radius 3 is 2.38 bits per heavy atom. The topological polar surface area (TPSA) is 64.6 Å². The molecule has 1 amide bonds. The number of esters is 1. The first kappa shape index (κ1) is 17.5. The molecule has 24 heavy (non-hydrogen) atoms. The van der Waals surface area contributed by atoms with E-state index in [1.54, 1.807) is 38.3 Å². The number of carbonyl (C=O) groups is 2. The predicted molar refractivity (Wildman–Crippen MR) is 92.5 cm³/mol. The highest BCUT2D eigenvalue weighted by Crippen LogP contribution is 2.19. The van der Waals surface area contributed by atoms with Crippen molar-refractivity contribution in [2.24, 2.45) is 0 Å². The van der Waals surface area contributed by atoms with Gasteiger partial charge in [-0.3, -0.25) is 4.79 Å². The third kappa shape index (κ3) is 4.59. The average molecular weight is 327 g/mol. The molecule has 0 aliphatic rings. The maximum atomic E-state index is 12.1. The van der Waals surface area contributed by atoms with Crippen LogP contribution < -0.4 is 10.1 Å². The fraction of sp³-hybridized carbons (Fsp3) is 0.263. The Hall–Kier alpha value is -2.82. The van der Waals surface area contributed by atoms with Gasteiger partial charge in [0.05, 0.1) is 25.7 Å². The highest BCUT2D eigenvalue weighted by Gasteiger charge is 2.08. The quantitative estimate of drug-likeness (QED) is 0.826. The number of amides is 1. The third-order valence-corrected chi connectivity index (χ3v) is 3.50. The Labute approximate surface area is 141 Å². The summed E-state index contributed by atoms with van der Waals surface area (Å²) in [7, 11) is 1.62. The normalized spacial score (nSPS) is 10.1. The van der Waals surface area contributed by atoms with Gasteiger partial charge in [-0.2, -0.15) is 0 Å². The van der Waals surface area contributed by atoms with Crippen LogP contribution in [0.4, 0.5) is 5.69 Å². The van der Waals surface area contributed by atoms with Gasteiger partial charge in [-0.15, -0.1) is 0 Å². The summed E-state index contributed by atoms with van der Waals surface area (Å²) in [6.45, 7) is 4.03. The second-order valence-corrected chi connectivity index (χ2v) is 5.33. The standard InChI is InChI=1S/C19H21NO4/c1-4-24-19(22)15-6-8-16(9-7-15)20-18(21)12-14-5-10-17(23-3)13(2)11-14/h5-11H,4,12H2,1-3H3,(H,20,21). The molecule has 0 radical (unpaired) electrons. The molecule has 126 valence electrons. The monoisotopic (exact) mass is 327 g/mol. The van der Waals surface area contributed by atoms with Crippen molar-refractivity contribution >= 4 is 17.6 Å². The van der Waals surface area contributed by atoms with Crippen LogP contribution in [0, 0.1) is 6.92 Å². The lowest BCUT2D eigenvalue weighted by atomic mass is 10.1. The Kier molecular flexibility index (Phi) is 5.95. The Balaban J connectivity index is 1.97. The molecule has 0 unspecified atom stereocenters. The number of nitrogens with one attached hydrogen (secondary N) is 1. The van der Waals surface area contributed by atoms with E-state index in [1.807, 2.05) is 25.1 Å². The van der Waals surface area contributed by atoms with Crippen LogP contribution >= 0.6 is 0 Å². The van der Waals surface area contributed by atoms with Crippen LogP contribution in [0.3, 0.4) is 0 Å². The molecule has 0 aliphatic carbocycles. The number of benzene rings is 2. The van der Waals surface area contributed by atoms with Gasteiger partial charge in [0.15, 0.2) is 0 Å². The molecule has 0 fully saturated rings. The molecule has 0 heterocycles. The van der Waals surface area contributed by atoms with E-state index < -0.39 is 0 Å². The fourth-order valence-electron chi connectivity index (χ4n) is 2.35. The minimum Gasteiger partial charge on any atom is -0.496 e. The van der Waals surface area contributed by atoms with Crippen molar-refractivity contribution in [3.05, 3.63) is 59.2 Å². The summed E-state index contributed by atoms with van der Waals surface area (Å²) >= 11 is 0. The predicted octanol–water partition coefficient (Wildman–Crippen LogP) is 3.36. The molecule has 2 aromatic rings. The summed E-state index contributed by atoms with van der Waals surface area (Å²) in [6, 6.07) is 12.3. The van der Waals surface area contributed by atoms with Crippen LogP contribution in [-0.4, -0.2) is 25.6 Å². The van der Waals surface area contributed by atoms with Gasteiger partial charge in [0.2, 0.25) is 5.91 Å². The van der Waals surface area contributed by atoms with Crippen molar-refractivity contribution in [1.29, 1.82) is 0 Å². The number of rotatable bonds is 6. The number of aryl methyl sites for hydroxylation is 1. The SMILES string of the molecule is CCOC(=O)c1ccc(NC(=O)Cc2ccc(OC)c(C)c2)cc1. The van der Waals surface area contributed by atoms with Crippen molar-refractivity contribution < 1.29 is 19.1 Å². The van der Waals surface area contributed by atoms with Crippen LogP contribution in [0.2, 0.25) is 0 Å². The van der Waals surface area contributed by atoms with Gasteiger partial charge >= 0.3 is 5.97 Å². The van der Waals surface area contributed by atoms with E-state index in [1.165, 1.54) is 0 Å². The van der Waals surface area contributed by atoms with Gasteiger partial charge < -0.3 is 14.8 Å². The summed E-state index contributed by atoms with van der Waals surface area (Å²) in [6.07, 6.45) is 0.268. The first-order valence-corrected chi connectivity index (χ1v) is 7.74. The molecule has 0 saturated carbocycles. The maximum Gasteiger partial charge on any atom is 0.338 e. The lowest BCUT2D eigenvalue weighted by Gasteiger charge is -2.09. The zero-order valence-corrected chi connectivity index (χ0v) is 14.1. The second-order valence-electron chi connectivity index (χ2n) is 5.33. The van der Waals surface area contributed by atoms with E-state index in [0.717, 1.165) is 16.9 Å². The largest absolute Gasteiger partial charge is 0.496 e. The number of carbonyl (C=O) groups excluding carboxylic acids is 2. The van der Waals surface area contributed by atoms with Crippen molar-refractivity contribution in [3.63, 3.8) is 0 Å². The van der Waals surface area contributed by atoms with Gasteiger partial charge in [0, 0.05) is 5.69 Å². The zero-order valence-electron chi connectivity index (χ0n) is 14.1. The lowest BCUT2D eigenvalue weighted by molar-refractivity contribution is -0.115. The molecule has 5 nitrogen and oxygen atoms in total. The molecule has 5 heteroatoms. The Morgan fingerprint density at radius 1 is 1.08 bits per heavy atom. The van der Waals surface area contributed by atoms with Gasteiger partial charge in [0.25, 0.3) is 0 Å². The zero-order chi connectivity index (χ0) is 17.5. The second kappa shape index (κ2) is 8.15. The molecule has 2 rings (SSSR count). The molecular formula is C19H21NO4. The number of methoxy groups -OCH3 is 1. The van der Waals surface area contributed by atoms with Crippen LogP contribution in [-0.2, 0) is 16.0 Å². The summed E-state index contributed by atoms with van der Waals surface area (Å²) in [5.74, 6) is 0.307. The van der Waals surface area contributed by atoms with Crippen molar-refractivity contribution in [3.8, 4) is 5.75 Å². The highest BCUT2D eigenvalue weighted by molar-refractivity contribution is 5.94.